The van der Waals surface area contributed by atoms with Crippen LogP contribution < -0.4 is 0 Å². The highest BCUT2D eigenvalue weighted by molar-refractivity contribution is 8.01. The molecule has 18 heteroatoms. The second kappa shape index (κ2) is 9.93. The Morgan fingerprint density at radius 1 is 0.707 bits per heavy atom. The summed E-state index contributed by atoms with van der Waals surface area (Å²) in [6.07, 6.45) is -10.3. The number of sulfone groups is 2. The fraction of sp³-hybridized carbons (Fsp3) is 0.435. The standard InChI is InChI=1S/C17H7F10NO4S2.C6H14N/c18-14(19,20)16(24,25)33(29,30)11-6-9-8-4-2-1-3-7(8)5-10(9)12(28)13(11)34(31,32)17(26,27)15(21,22)23;1-7(2)5-3-4-6-7/h1-6,28H;3-6H2,1-2H3/q;+1. The van der Waals surface area contributed by atoms with Crippen molar-refractivity contribution in [2.45, 2.75) is 35.7 Å². The second-order valence-electron chi connectivity index (χ2n) is 9.90. The normalized spacial score (nSPS) is 19.7. The number of allylic oxidation sites excluding steroid dienone is 4. The van der Waals surface area contributed by atoms with Crippen LogP contribution in [0.25, 0.3) is 11.6 Å². The van der Waals surface area contributed by atoms with E-state index in [1.165, 1.54) is 48.6 Å². The van der Waals surface area contributed by atoms with Crippen LogP contribution in [-0.2, 0) is 19.7 Å². The van der Waals surface area contributed by atoms with Gasteiger partial charge in [-0.1, -0.05) is 24.3 Å². The zero-order valence-corrected chi connectivity index (χ0v) is 22.6. The van der Waals surface area contributed by atoms with Gasteiger partial charge in [-0.05, 0) is 28.9 Å². The predicted molar refractivity (Wildman–Crippen MR) is 128 cm³/mol. The zero-order valence-electron chi connectivity index (χ0n) is 21.0. The molecule has 1 N–H and O–H groups in total. The Labute approximate surface area is 227 Å². The van der Waals surface area contributed by atoms with Crippen molar-refractivity contribution in [1.82, 2.24) is 0 Å². The number of nitrogens with zero attached hydrogens (tertiary/aromatic N) is 1. The van der Waals surface area contributed by atoms with Gasteiger partial charge in [0.05, 0.1) is 37.8 Å². The van der Waals surface area contributed by atoms with Crippen molar-refractivity contribution in [2.24, 2.45) is 0 Å². The Morgan fingerprint density at radius 2 is 1.17 bits per heavy atom. The number of hydrogen-bond acceptors (Lipinski definition) is 5. The molecule has 1 aromatic rings. The molecular formula is C23H21F10N2O4S2+. The van der Waals surface area contributed by atoms with Crippen molar-refractivity contribution in [3.8, 4) is 0 Å². The number of halogens is 10. The molecule has 1 fully saturated rings. The molecule has 0 atom stereocenters. The van der Waals surface area contributed by atoms with E-state index in [0.717, 1.165) is 12.1 Å². The smallest absolute Gasteiger partial charge is 0.328 e. The van der Waals surface area contributed by atoms with Gasteiger partial charge < -0.3 is 4.48 Å². The minimum Gasteiger partial charge on any atom is -0.328 e. The topological polar surface area (TPSA) is 92.1 Å². The lowest BCUT2D eigenvalue weighted by Crippen LogP contribution is -2.48. The van der Waals surface area contributed by atoms with Crippen LogP contribution in [0, 0.1) is 5.41 Å². The van der Waals surface area contributed by atoms with Gasteiger partial charge in [0.25, 0.3) is 19.7 Å². The van der Waals surface area contributed by atoms with Gasteiger partial charge in [-0.3, -0.25) is 5.41 Å². The predicted octanol–water partition coefficient (Wildman–Crippen LogP) is 5.71. The van der Waals surface area contributed by atoms with Crippen LogP contribution in [0.5, 0.6) is 0 Å². The molecule has 0 bridgehead atoms. The van der Waals surface area contributed by atoms with E-state index in [0.29, 0.717) is 0 Å². The Bertz CT molecular complexity index is 1580. The van der Waals surface area contributed by atoms with Crippen LogP contribution in [0.15, 0.2) is 45.7 Å². The maximum atomic E-state index is 13.9. The van der Waals surface area contributed by atoms with Crippen molar-refractivity contribution in [3.63, 3.8) is 0 Å². The molecule has 1 saturated heterocycles. The van der Waals surface area contributed by atoms with Gasteiger partial charge in [0, 0.05) is 18.4 Å². The number of quaternary nitrogens is 1. The second-order valence-corrected chi connectivity index (χ2v) is 13.8. The number of likely N-dealkylation sites (tertiary alicyclic amines) is 1. The lowest BCUT2D eigenvalue weighted by Gasteiger charge is -2.28. The number of rotatable bonds is 4. The van der Waals surface area contributed by atoms with E-state index in [1.54, 1.807) is 0 Å². The van der Waals surface area contributed by atoms with Gasteiger partial charge in [0.15, 0.2) is 0 Å². The molecule has 3 aliphatic rings. The number of alkyl halides is 10. The summed E-state index contributed by atoms with van der Waals surface area (Å²) in [6.45, 7) is 2.78. The van der Waals surface area contributed by atoms with Gasteiger partial charge in [0.2, 0.25) is 0 Å². The number of nitrogens with one attached hydrogen (secondary N) is 1. The van der Waals surface area contributed by atoms with Crippen LogP contribution in [0.2, 0.25) is 0 Å². The van der Waals surface area contributed by atoms with E-state index in [2.05, 4.69) is 14.1 Å². The van der Waals surface area contributed by atoms with E-state index in [4.69, 9.17) is 5.41 Å². The molecule has 0 saturated carbocycles. The van der Waals surface area contributed by atoms with E-state index in [1.807, 2.05) is 0 Å². The van der Waals surface area contributed by atoms with Gasteiger partial charge in [0.1, 0.15) is 4.91 Å². The highest BCUT2D eigenvalue weighted by Gasteiger charge is 2.72. The summed E-state index contributed by atoms with van der Waals surface area (Å²) in [6, 6.07) is 4.95. The maximum absolute atomic E-state index is 13.9. The molecule has 4 rings (SSSR count). The Kier molecular flexibility index (Phi) is 7.94. The lowest BCUT2D eigenvalue weighted by atomic mass is 9.95. The fourth-order valence-electron chi connectivity index (χ4n) is 4.28. The van der Waals surface area contributed by atoms with Crippen LogP contribution in [-0.4, -0.2) is 77.1 Å². The number of benzene rings is 1. The van der Waals surface area contributed by atoms with Crippen molar-refractivity contribution in [2.75, 3.05) is 27.2 Å². The summed E-state index contributed by atoms with van der Waals surface area (Å²) in [5.41, 5.74) is -3.48. The summed E-state index contributed by atoms with van der Waals surface area (Å²) in [5.74, 6) is 0. The average molecular weight is 644 g/mol. The highest BCUT2D eigenvalue weighted by Crippen LogP contribution is 2.52. The molecule has 0 unspecified atom stereocenters. The number of fused-ring (bicyclic) bond motifs is 3. The molecule has 6 nitrogen and oxygen atoms in total. The molecule has 1 aliphatic heterocycles. The summed E-state index contributed by atoms with van der Waals surface area (Å²) in [4.78, 5) is -5.57. The number of hydrogen-bond donors (Lipinski definition) is 1. The molecule has 41 heavy (non-hydrogen) atoms. The molecule has 0 radical (unpaired) electrons. The highest BCUT2D eigenvalue weighted by atomic mass is 32.2. The first kappa shape index (κ1) is 32.8. The van der Waals surface area contributed by atoms with Gasteiger partial charge >= 0.3 is 22.9 Å². The molecule has 2 aliphatic carbocycles. The molecule has 228 valence electrons. The van der Waals surface area contributed by atoms with E-state index >= 15 is 0 Å². The zero-order chi connectivity index (χ0) is 31.6. The summed E-state index contributed by atoms with van der Waals surface area (Å²) in [5, 5.41) is -5.85. The quantitative estimate of drug-likeness (QED) is 0.336. The van der Waals surface area contributed by atoms with E-state index < -0.39 is 69.2 Å². The van der Waals surface area contributed by atoms with E-state index in [-0.39, 0.29) is 17.2 Å². The largest absolute Gasteiger partial charge is 0.469 e. The minimum atomic E-state index is -7.40. The Morgan fingerprint density at radius 3 is 1.61 bits per heavy atom. The fourth-order valence-corrected chi connectivity index (χ4v) is 7.40. The van der Waals surface area contributed by atoms with Gasteiger partial charge in [-0.25, -0.2) is 16.8 Å². The van der Waals surface area contributed by atoms with E-state index in [9.17, 15) is 60.7 Å². The first-order chi connectivity index (χ1) is 18.3. The van der Waals surface area contributed by atoms with Crippen LogP contribution in [0.1, 0.15) is 24.0 Å². The van der Waals surface area contributed by atoms with Crippen molar-refractivity contribution in [1.29, 1.82) is 5.41 Å². The third-order valence-corrected chi connectivity index (χ3v) is 10.3. The summed E-state index contributed by atoms with van der Waals surface area (Å²) in [7, 11) is -10.1. The summed E-state index contributed by atoms with van der Waals surface area (Å²) >= 11 is 0. The molecule has 1 aromatic carbocycles. The summed E-state index contributed by atoms with van der Waals surface area (Å²) < 4.78 is 183. The van der Waals surface area contributed by atoms with Gasteiger partial charge in [-0.15, -0.1) is 0 Å². The minimum absolute atomic E-state index is 0.0223. The van der Waals surface area contributed by atoms with Crippen molar-refractivity contribution >= 4 is 37.0 Å². The van der Waals surface area contributed by atoms with Crippen molar-refractivity contribution < 1.29 is 65.2 Å². The first-order valence-electron chi connectivity index (χ1n) is 11.4. The molecule has 1 heterocycles. The van der Waals surface area contributed by atoms with Crippen molar-refractivity contribution in [3.05, 3.63) is 56.9 Å². The SMILES string of the molecule is C[N+]1(C)CCCC1.N=C1C2=Cc3ccccc3C2=CC(S(=O)(=O)C(F)(F)C(F)(F)F)=C1S(=O)(=O)C(F)(F)C(F)(F)F. The molecule has 0 spiro atoms. The lowest BCUT2D eigenvalue weighted by molar-refractivity contribution is -0.877. The Balaban J connectivity index is 0.000000575. The first-order valence-corrected chi connectivity index (χ1v) is 14.3. The van der Waals surface area contributed by atoms with Crippen LogP contribution in [0.3, 0.4) is 0 Å². The third-order valence-electron chi connectivity index (χ3n) is 6.51. The monoisotopic (exact) mass is 643 g/mol. The molecular weight excluding hydrogens is 622 g/mol. The van der Waals surface area contributed by atoms with Crippen LogP contribution >= 0.6 is 0 Å². The maximum Gasteiger partial charge on any atom is 0.469 e. The average Bonchev–Trinajstić information content (AvgIpc) is 3.40. The Hall–Kier alpha value is -2.73. The van der Waals surface area contributed by atoms with Crippen LogP contribution in [0.4, 0.5) is 43.9 Å². The molecule has 0 aromatic heterocycles. The van der Waals surface area contributed by atoms with Gasteiger partial charge in [-0.2, -0.15) is 43.9 Å². The third kappa shape index (κ3) is 5.33. The molecule has 0 amide bonds.